The highest BCUT2D eigenvalue weighted by molar-refractivity contribution is 7.99. The summed E-state index contributed by atoms with van der Waals surface area (Å²) in [5.74, 6) is 2.00. The Labute approximate surface area is 182 Å². The second-order valence-electron chi connectivity index (χ2n) is 8.48. The molecule has 0 aliphatic heterocycles. The number of pyridine rings is 1. The molecule has 0 radical (unpaired) electrons. The number of aromatic nitrogens is 5. The van der Waals surface area contributed by atoms with E-state index in [4.69, 9.17) is 0 Å². The van der Waals surface area contributed by atoms with E-state index in [-0.39, 0.29) is 5.78 Å². The summed E-state index contributed by atoms with van der Waals surface area (Å²) in [5, 5.41) is 9.63. The number of rotatable bonds is 9. The van der Waals surface area contributed by atoms with Crippen molar-refractivity contribution in [2.45, 2.75) is 64.7 Å². The van der Waals surface area contributed by atoms with Gasteiger partial charge in [0.25, 0.3) is 0 Å². The highest BCUT2D eigenvalue weighted by Crippen LogP contribution is 2.41. The van der Waals surface area contributed by atoms with Gasteiger partial charge in [0.15, 0.2) is 16.8 Å². The summed E-state index contributed by atoms with van der Waals surface area (Å²) in [5.41, 5.74) is 4.01. The minimum Gasteiger partial charge on any atom is -0.348 e. The van der Waals surface area contributed by atoms with Crippen LogP contribution in [-0.4, -0.2) is 35.9 Å². The maximum Gasteiger partial charge on any atom is 0.192 e. The third-order valence-electron chi connectivity index (χ3n) is 5.63. The first-order valence-corrected chi connectivity index (χ1v) is 11.6. The summed E-state index contributed by atoms with van der Waals surface area (Å²) in [4.78, 5) is 17.2. The zero-order valence-corrected chi connectivity index (χ0v) is 18.9. The average molecular weight is 424 g/mol. The third kappa shape index (κ3) is 4.36. The van der Waals surface area contributed by atoms with Crippen molar-refractivity contribution < 1.29 is 4.79 Å². The molecule has 0 aromatic carbocycles. The van der Waals surface area contributed by atoms with E-state index < -0.39 is 0 Å². The Balaban J connectivity index is 1.50. The first-order chi connectivity index (χ1) is 14.5. The number of thioether (sulfide) groups is 1. The van der Waals surface area contributed by atoms with Crippen molar-refractivity contribution in [2.24, 2.45) is 5.92 Å². The van der Waals surface area contributed by atoms with Crippen LogP contribution in [0.4, 0.5) is 0 Å². The summed E-state index contributed by atoms with van der Waals surface area (Å²) >= 11 is 1.49. The topological polar surface area (TPSA) is 65.6 Å². The number of nitrogens with zero attached hydrogens (tertiary/aromatic N) is 5. The van der Waals surface area contributed by atoms with Gasteiger partial charge in [-0.1, -0.05) is 25.6 Å². The van der Waals surface area contributed by atoms with Crippen molar-refractivity contribution in [3.8, 4) is 11.4 Å². The smallest absolute Gasteiger partial charge is 0.192 e. The van der Waals surface area contributed by atoms with Gasteiger partial charge in [0.2, 0.25) is 0 Å². The minimum atomic E-state index is 0.150. The summed E-state index contributed by atoms with van der Waals surface area (Å²) in [6.45, 7) is 9.55. The van der Waals surface area contributed by atoms with Gasteiger partial charge in [-0.3, -0.25) is 14.3 Å². The van der Waals surface area contributed by atoms with E-state index in [1.54, 1.807) is 6.20 Å². The molecule has 0 spiro atoms. The van der Waals surface area contributed by atoms with Gasteiger partial charge in [-0.25, -0.2) is 0 Å². The number of carbonyl (C=O) groups is 1. The molecule has 3 aromatic rings. The average Bonchev–Trinajstić information content (AvgIpc) is 3.42. The lowest BCUT2D eigenvalue weighted by atomic mass is 10.1. The quantitative estimate of drug-likeness (QED) is 0.353. The molecule has 0 N–H and O–H groups in total. The lowest BCUT2D eigenvalue weighted by molar-refractivity contribution is 0.102. The molecule has 1 aliphatic carbocycles. The van der Waals surface area contributed by atoms with E-state index in [1.807, 2.05) is 24.4 Å². The van der Waals surface area contributed by atoms with E-state index in [0.717, 1.165) is 59.3 Å². The van der Waals surface area contributed by atoms with Crippen LogP contribution in [-0.2, 0) is 6.54 Å². The normalized spacial score (nSPS) is 13.9. The Morgan fingerprint density at radius 2 is 2.07 bits per heavy atom. The van der Waals surface area contributed by atoms with Crippen LogP contribution in [0.15, 0.2) is 35.7 Å². The maximum absolute atomic E-state index is 13.0. The van der Waals surface area contributed by atoms with Crippen molar-refractivity contribution >= 4 is 17.5 Å². The number of hydrogen-bond donors (Lipinski definition) is 0. The molecular weight excluding hydrogens is 394 g/mol. The molecule has 3 aromatic heterocycles. The van der Waals surface area contributed by atoms with Crippen LogP contribution in [0.1, 0.15) is 60.9 Å². The molecule has 1 fully saturated rings. The van der Waals surface area contributed by atoms with Crippen LogP contribution >= 0.6 is 11.8 Å². The molecule has 1 saturated carbocycles. The fourth-order valence-corrected chi connectivity index (χ4v) is 4.64. The molecule has 3 heterocycles. The first-order valence-electron chi connectivity index (χ1n) is 10.6. The second-order valence-corrected chi connectivity index (χ2v) is 9.42. The lowest BCUT2D eigenvalue weighted by Gasteiger charge is -2.11. The summed E-state index contributed by atoms with van der Waals surface area (Å²) in [7, 11) is 0. The molecule has 4 rings (SSSR count). The van der Waals surface area contributed by atoms with Gasteiger partial charge >= 0.3 is 0 Å². The Morgan fingerprint density at radius 1 is 1.27 bits per heavy atom. The zero-order valence-electron chi connectivity index (χ0n) is 18.1. The molecule has 7 heteroatoms. The third-order valence-corrected chi connectivity index (χ3v) is 6.58. The van der Waals surface area contributed by atoms with Crippen LogP contribution in [0, 0.1) is 19.8 Å². The standard InChI is InChI=1S/C23H29N5OS/c1-15(2)9-11-27-16(3)12-20(17(27)4)21(29)14-30-23-26-25-22(28(23)19-7-8-19)18-6-5-10-24-13-18/h5-6,10,12-13,15,19H,7-9,11,14H2,1-4H3. The van der Waals surface area contributed by atoms with Gasteiger partial charge in [0, 0.05) is 47.5 Å². The number of carbonyl (C=O) groups excluding carboxylic acids is 1. The fraction of sp³-hybridized carbons (Fsp3) is 0.478. The van der Waals surface area contributed by atoms with Crippen molar-refractivity contribution in [3.05, 3.63) is 47.5 Å². The van der Waals surface area contributed by atoms with Crippen molar-refractivity contribution in [1.29, 1.82) is 0 Å². The summed E-state index contributed by atoms with van der Waals surface area (Å²) in [6.07, 6.45) is 6.94. The highest BCUT2D eigenvalue weighted by Gasteiger charge is 2.30. The molecule has 0 saturated heterocycles. The van der Waals surface area contributed by atoms with E-state index in [2.05, 4.69) is 52.0 Å². The Kier molecular flexibility index (Phi) is 6.09. The molecule has 1 aliphatic rings. The predicted molar refractivity (Wildman–Crippen MR) is 120 cm³/mol. The van der Waals surface area contributed by atoms with Crippen LogP contribution in [0.25, 0.3) is 11.4 Å². The van der Waals surface area contributed by atoms with Crippen molar-refractivity contribution in [1.82, 2.24) is 24.3 Å². The summed E-state index contributed by atoms with van der Waals surface area (Å²) in [6, 6.07) is 6.37. The Morgan fingerprint density at radius 3 is 2.73 bits per heavy atom. The molecule has 30 heavy (non-hydrogen) atoms. The molecule has 6 nitrogen and oxygen atoms in total. The number of Topliss-reactive ketones (excluding diaryl/α,β-unsaturated/α-hetero) is 1. The van der Waals surface area contributed by atoms with Gasteiger partial charge in [-0.2, -0.15) is 0 Å². The zero-order chi connectivity index (χ0) is 21.3. The Hall–Kier alpha value is -2.41. The lowest BCUT2D eigenvalue weighted by Crippen LogP contribution is -2.09. The number of ketones is 1. The van der Waals surface area contributed by atoms with E-state index >= 15 is 0 Å². The fourth-order valence-electron chi connectivity index (χ4n) is 3.75. The first kappa shape index (κ1) is 20.8. The van der Waals surface area contributed by atoms with Crippen molar-refractivity contribution in [3.63, 3.8) is 0 Å². The SMILES string of the molecule is Cc1cc(C(=O)CSc2nnc(-c3cccnc3)n2C2CC2)c(C)n1CCC(C)C. The molecule has 0 bridgehead atoms. The summed E-state index contributed by atoms with van der Waals surface area (Å²) < 4.78 is 4.45. The minimum absolute atomic E-state index is 0.150. The van der Waals surface area contributed by atoms with Crippen LogP contribution in [0.5, 0.6) is 0 Å². The number of hydrogen-bond acceptors (Lipinski definition) is 5. The second kappa shape index (κ2) is 8.76. The van der Waals surface area contributed by atoms with Gasteiger partial charge in [-0.05, 0) is 57.2 Å². The molecule has 0 atom stereocenters. The maximum atomic E-state index is 13.0. The van der Waals surface area contributed by atoms with Crippen molar-refractivity contribution in [2.75, 3.05) is 5.75 Å². The van der Waals surface area contributed by atoms with Gasteiger partial charge in [0.05, 0.1) is 5.75 Å². The van der Waals surface area contributed by atoms with Crippen LogP contribution in [0.2, 0.25) is 0 Å². The number of aryl methyl sites for hydroxylation is 1. The largest absolute Gasteiger partial charge is 0.348 e. The van der Waals surface area contributed by atoms with Crippen LogP contribution in [0.3, 0.4) is 0 Å². The predicted octanol–water partition coefficient (Wildman–Crippen LogP) is 5.11. The van der Waals surface area contributed by atoms with Crippen LogP contribution < -0.4 is 0 Å². The molecule has 158 valence electrons. The van der Waals surface area contributed by atoms with Gasteiger partial charge in [-0.15, -0.1) is 10.2 Å². The van der Waals surface area contributed by atoms with E-state index in [0.29, 0.717) is 17.7 Å². The molecular formula is C23H29N5OS. The van der Waals surface area contributed by atoms with Gasteiger partial charge in [0.1, 0.15) is 0 Å². The molecule has 0 unspecified atom stereocenters. The molecule has 0 amide bonds. The highest BCUT2D eigenvalue weighted by atomic mass is 32.2. The monoisotopic (exact) mass is 423 g/mol. The van der Waals surface area contributed by atoms with E-state index in [1.165, 1.54) is 11.8 Å². The van der Waals surface area contributed by atoms with E-state index in [9.17, 15) is 4.79 Å². The van der Waals surface area contributed by atoms with Gasteiger partial charge < -0.3 is 4.57 Å². The Bertz CT molecular complexity index is 1030.